The maximum Gasteiger partial charge on any atom is 0.387 e. The number of amidine groups is 1. The molecule has 1 atom stereocenters. The van der Waals surface area contributed by atoms with Crippen LogP contribution in [0.25, 0.3) is 0 Å². The number of hydrazone groups is 1. The summed E-state index contributed by atoms with van der Waals surface area (Å²) in [5.41, 5.74) is 3.61. The van der Waals surface area contributed by atoms with E-state index in [4.69, 9.17) is 15.2 Å². The first kappa shape index (κ1) is 17.2. The number of thioether (sulfide) groups is 1. The maximum atomic E-state index is 4.92. The Hall–Kier alpha value is -2.93. The van der Waals surface area contributed by atoms with Gasteiger partial charge in [0, 0.05) is 12.5 Å². The van der Waals surface area contributed by atoms with E-state index in [0.29, 0.717) is 0 Å². The van der Waals surface area contributed by atoms with Crippen LogP contribution in [-0.2, 0) is 6.54 Å². The zero-order chi connectivity index (χ0) is 19.3. The Morgan fingerprint density at radius 1 is 1.00 bits per heavy atom. The summed E-state index contributed by atoms with van der Waals surface area (Å²) in [6.07, 6.45) is -0.135. The van der Waals surface area contributed by atoms with E-state index in [1.807, 2.05) is 29.6 Å². The third-order valence-electron chi connectivity index (χ3n) is 4.99. The van der Waals surface area contributed by atoms with E-state index in [1.54, 1.807) is 11.8 Å². The molecule has 2 aliphatic rings. The molecule has 0 amide bonds. The average molecular weight is 390 g/mol. The van der Waals surface area contributed by atoms with Crippen molar-refractivity contribution in [3.05, 3.63) is 77.1 Å². The molecule has 28 heavy (non-hydrogen) atoms. The molecule has 5 rings (SSSR count). The molecule has 6 nitrogen and oxygen atoms in total. The Bertz CT molecular complexity index is 1100. The molecule has 0 bridgehead atoms. The minimum absolute atomic E-state index is 0.135. The van der Waals surface area contributed by atoms with E-state index in [2.05, 4.69) is 60.0 Å². The van der Waals surface area contributed by atoms with Crippen LogP contribution in [-0.4, -0.2) is 25.0 Å². The van der Waals surface area contributed by atoms with Gasteiger partial charge in [-0.3, -0.25) is 0 Å². The summed E-state index contributed by atoms with van der Waals surface area (Å²) in [7, 11) is 0. The van der Waals surface area contributed by atoms with Gasteiger partial charge >= 0.3 is 5.95 Å². The number of nitrogens with zero attached hydrogens (tertiary/aromatic N) is 6. The predicted octanol–water partition coefficient (Wildman–Crippen LogP) is 3.77. The molecule has 3 heterocycles. The summed E-state index contributed by atoms with van der Waals surface area (Å²) in [6, 6.07) is 19.0. The van der Waals surface area contributed by atoms with Gasteiger partial charge in [-0.25, -0.2) is 4.57 Å². The van der Waals surface area contributed by atoms with Gasteiger partial charge in [-0.15, -0.1) is 0 Å². The second kappa shape index (κ2) is 6.60. The fourth-order valence-electron chi connectivity index (χ4n) is 3.59. The van der Waals surface area contributed by atoms with Crippen molar-refractivity contribution in [1.29, 1.82) is 0 Å². The summed E-state index contributed by atoms with van der Waals surface area (Å²) in [5, 5.41) is 13.5. The number of aromatic nitrogens is 3. The maximum absolute atomic E-state index is 4.92. The van der Waals surface area contributed by atoms with Crippen LogP contribution in [0.5, 0.6) is 0 Å². The number of hydrogen-bond acceptors (Lipinski definition) is 5. The summed E-state index contributed by atoms with van der Waals surface area (Å²) in [4.78, 5) is 4.92. The van der Waals surface area contributed by atoms with Gasteiger partial charge in [-0.2, -0.15) is 10.1 Å². The third kappa shape index (κ3) is 2.82. The van der Waals surface area contributed by atoms with Crippen LogP contribution in [0, 0.1) is 13.8 Å². The summed E-state index contributed by atoms with van der Waals surface area (Å²) >= 11 is 1.61. The fraction of sp³-hybridized carbons (Fsp3) is 0.238. The zero-order valence-corrected chi connectivity index (χ0v) is 16.9. The van der Waals surface area contributed by atoms with Gasteiger partial charge in [-0.1, -0.05) is 69.8 Å². The monoisotopic (exact) mass is 389 g/mol. The number of hydrogen-bond donors (Lipinski definition) is 0. The van der Waals surface area contributed by atoms with Crippen LogP contribution in [0.4, 0.5) is 5.95 Å². The molecule has 0 unspecified atom stereocenters. The van der Waals surface area contributed by atoms with Crippen LogP contribution in [0.3, 0.4) is 0 Å². The first-order chi connectivity index (χ1) is 13.6. The molecule has 2 aromatic carbocycles. The minimum Gasteiger partial charge on any atom is -0.217 e. The molecule has 0 aliphatic carbocycles. The van der Waals surface area contributed by atoms with E-state index in [0.717, 1.165) is 34.1 Å². The van der Waals surface area contributed by atoms with Gasteiger partial charge in [0.1, 0.15) is 0 Å². The molecule has 0 saturated carbocycles. The van der Waals surface area contributed by atoms with Crippen molar-refractivity contribution in [2.75, 3.05) is 0 Å². The van der Waals surface area contributed by atoms with Gasteiger partial charge in [0.2, 0.25) is 12.0 Å². The van der Waals surface area contributed by atoms with Crippen molar-refractivity contribution in [1.82, 2.24) is 14.8 Å². The Labute approximate surface area is 168 Å². The van der Waals surface area contributed by atoms with E-state index >= 15 is 0 Å². The topological polar surface area (TPSA) is 49.7 Å². The van der Waals surface area contributed by atoms with Gasteiger partial charge in [-0.05, 0) is 36.3 Å². The molecule has 0 saturated heterocycles. The molecular weight excluding hydrogens is 368 g/mol. The lowest BCUT2D eigenvalue weighted by Gasteiger charge is -2.25. The van der Waals surface area contributed by atoms with Crippen LogP contribution in [0.1, 0.15) is 35.6 Å². The van der Waals surface area contributed by atoms with Gasteiger partial charge in [0.05, 0.1) is 11.6 Å². The number of rotatable bonds is 3. The van der Waals surface area contributed by atoms with E-state index < -0.39 is 0 Å². The molecule has 7 heteroatoms. The van der Waals surface area contributed by atoms with E-state index in [1.165, 1.54) is 11.1 Å². The second-order valence-corrected chi connectivity index (χ2v) is 8.27. The first-order valence-corrected chi connectivity index (χ1v) is 10.1. The van der Waals surface area contributed by atoms with Gasteiger partial charge < -0.3 is 0 Å². The molecule has 140 valence electrons. The lowest BCUT2D eigenvalue weighted by Crippen LogP contribution is -2.40. The lowest BCUT2D eigenvalue weighted by atomic mass is 10.1. The SMILES string of the molecule is CC1=NN2C(=Nc3n(nc(C)[n+]3Cc3ccccc3)[C@H]2c2ccc(C)cc2)S1. The largest absolute Gasteiger partial charge is 0.387 e. The van der Waals surface area contributed by atoms with Crippen molar-refractivity contribution in [3.8, 4) is 0 Å². The van der Waals surface area contributed by atoms with Crippen molar-refractivity contribution in [2.45, 2.75) is 33.5 Å². The Kier molecular flexibility index (Phi) is 4.05. The number of benzene rings is 2. The Morgan fingerprint density at radius 2 is 1.75 bits per heavy atom. The summed E-state index contributed by atoms with van der Waals surface area (Å²) < 4.78 is 4.17. The molecule has 3 aromatic rings. The molecule has 1 aromatic heterocycles. The minimum atomic E-state index is -0.135. The highest BCUT2D eigenvalue weighted by Crippen LogP contribution is 2.37. The lowest BCUT2D eigenvalue weighted by molar-refractivity contribution is -0.682. The van der Waals surface area contributed by atoms with Crippen molar-refractivity contribution in [3.63, 3.8) is 0 Å². The Balaban J connectivity index is 1.65. The molecular formula is C21H21N6S+. The molecule has 0 N–H and O–H groups in total. The van der Waals surface area contributed by atoms with E-state index in [9.17, 15) is 0 Å². The standard InChI is InChI=1S/C21H21N6S/c1-14-9-11-18(12-10-14)19-26-20(22-21-27(19)24-16(3)28-21)25(15(2)23-26)13-17-7-5-4-6-8-17/h4-12,19H,13H2,1-3H3/q+1/t19-/m1/s1. The highest BCUT2D eigenvalue weighted by molar-refractivity contribution is 8.26. The number of aliphatic imine (C=N–C) groups is 1. The zero-order valence-electron chi connectivity index (χ0n) is 16.1. The second-order valence-electron chi connectivity index (χ2n) is 7.11. The fourth-order valence-corrected chi connectivity index (χ4v) is 4.34. The predicted molar refractivity (Wildman–Crippen MR) is 112 cm³/mol. The van der Waals surface area contributed by atoms with Gasteiger partial charge in [0.25, 0.3) is 5.17 Å². The first-order valence-electron chi connectivity index (χ1n) is 9.30. The molecule has 0 spiro atoms. The molecule has 2 aliphatic heterocycles. The van der Waals surface area contributed by atoms with Crippen LogP contribution in [0.2, 0.25) is 0 Å². The van der Waals surface area contributed by atoms with Crippen LogP contribution < -0.4 is 4.57 Å². The number of fused-ring (bicyclic) bond motifs is 2. The summed E-state index contributed by atoms with van der Waals surface area (Å²) in [5.74, 6) is 1.79. The van der Waals surface area contributed by atoms with Crippen molar-refractivity contribution in [2.24, 2.45) is 10.1 Å². The highest BCUT2D eigenvalue weighted by Gasteiger charge is 2.43. The molecule has 0 radical (unpaired) electrons. The van der Waals surface area contributed by atoms with Gasteiger partial charge in [0.15, 0.2) is 0 Å². The van der Waals surface area contributed by atoms with Crippen LogP contribution in [0.15, 0.2) is 64.7 Å². The highest BCUT2D eigenvalue weighted by atomic mass is 32.2. The smallest absolute Gasteiger partial charge is 0.217 e. The van der Waals surface area contributed by atoms with Crippen LogP contribution >= 0.6 is 11.8 Å². The summed E-state index contributed by atoms with van der Waals surface area (Å²) in [6.45, 7) is 6.89. The Morgan fingerprint density at radius 3 is 2.50 bits per heavy atom. The molecule has 0 fully saturated rings. The number of aryl methyl sites for hydroxylation is 2. The van der Waals surface area contributed by atoms with Crippen molar-refractivity contribution >= 4 is 27.9 Å². The van der Waals surface area contributed by atoms with Crippen molar-refractivity contribution < 1.29 is 4.57 Å². The average Bonchev–Trinajstić information content (AvgIpc) is 3.21. The third-order valence-corrected chi connectivity index (χ3v) is 5.83. The normalized spacial score (nSPS) is 17.8. The quantitative estimate of drug-likeness (QED) is 0.641. The van der Waals surface area contributed by atoms with E-state index in [-0.39, 0.29) is 6.17 Å².